The van der Waals surface area contributed by atoms with Gasteiger partial charge in [-0.3, -0.25) is 4.98 Å². The van der Waals surface area contributed by atoms with Crippen LogP contribution in [0.25, 0.3) is 0 Å². The van der Waals surface area contributed by atoms with Crippen LogP contribution in [0.15, 0.2) is 36.5 Å². The van der Waals surface area contributed by atoms with Crippen LogP contribution >= 0.6 is 11.6 Å². The number of aryl methyl sites for hydroxylation is 1. The van der Waals surface area contributed by atoms with Crippen LogP contribution in [0.4, 0.5) is 5.82 Å². The smallest absolute Gasteiger partial charge is 0.133 e. The average Bonchev–Trinajstić information content (AvgIpc) is 2.38. The van der Waals surface area contributed by atoms with Crippen molar-refractivity contribution < 1.29 is 0 Å². The summed E-state index contributed by atoms with van der Waals surface area (Å²) in [6, 6.07) is 9.93. The Balaban J connectivity index is 2.19. The van der Waals surface area contributed by atoms with Gasteiger partial charge in [-0.15, -0.1) is 11.6 Å². The minimum Gasteiger partial charge on any atom is -0.354 e. The summed E-state index contributed by atoms with van der Waals surface area (Å²) in [6.45, 7) is 2.72. The van der Waals surface area contributed by atoms with Crippen molar-refractivity contribution in [3.05, 3.63) is 53.5 Å². The SMILES string of the molecule is Cc1cccc(CN(C)c2ncccc2CCl)n1. The van der Waals surface area contributed by atoms with Gasteiger partial charge in [-0.2, -0.15) is 0 Å². The van der Waals surface area contributed by atoms with Crippen LogP contribution in [0.2, 0.25) is 0 Å². The first-order chi connectivity index (χ1) is 8.70. The molecular weight excluding hydrogens is 246 g/mol. The predicted octanol–water partition coefficient (Wildman–Crippen LogP) is 3.16. The summed E-state index contributed by atoms with van der Waals surface area (Å²) in [5.41, 5.74) is 3.09. The molecule has 0 amide bonds. The van der Waals surface area contributed by atoms with Crippen molar-refractivity contribution in [2.45, 2.75) is 19.3 Å². The fourth-order valence-electron chi connectivity index (χ4n) is 1.88. The molecule has 2 rings (SSSR count). The molecular formula is C14H16ClN3. The van der Waals surface area contributed by atoms with Gasteiger partial charge in [-0.05, 0) is 25.1 Å². The number of pyridine rings is 2. The molecule has 2 aromatic rings. The monoisotopic (exact) mass is 261 g/mol. The van der Waals surface area contributed by atoms with Gasteiger partial charge in [0.2, 0.25) is 0 Å². The summed E-state index contributed by atoms with van der Waals surface area (Å²) in [5, 5.41) is 0. The van der Waals surface area contributed by atoms with Gasteiger partial charge in [-0.25, -0.2) is 4.98 Å². The zero-order valence-corrected chi connectivity index (χ0v) is 11.4. The van der Waals surface area contributed by atoms with Crippen LogP contribution in [0, 0.1) is 6.92 Å². The number of nitrogens with zero attached hydrogens (tertiary/aromatic N) is 3. The highest BCUT2D eigenvalue weighted by Gasteiger charge is 2.08. The molecule has 18 heavy (non-hydrogen) atoms. The van der Waals surface area contributed by atoms with E-state index in [0.29, 0.717) is 5.88 Å². The molecule has 0 saturated heterocycles. The second-order valence-corrected chi connectivity index (χ2v) is 4.51. The van der Waals surface area contributed by atoms with Gasteiger partial charge in [0, 0.05) is 24.5 Å². The second-order valence-electron chi connectivity index (χ2n) is 4.25. The summed E-state index contributed by atoms with van der Waals surface area (Å²) in [6.07, 6.45) is 1.78. The molecule has 4 heteroatoms. The summed E-state index contributed by atoms with van der Waals surface area (Å²) < 4.78 is 0. The summed E-state index contributed by atoms with van der Waals surface area (Å²) >= 11 is 5.92. The van der Waals surface area contributed by atoms with Crippen molar-refractivity contribution >= 4 is 17.4 Å². The van der Waals surface area contributed by atoms with E-state index in [9.17, 15) is 0 Å². The van der Waals surface area contributed by atoms with Gasteiger partial charge < -0.3 is 4.90 Å². The molecule has 0 saturated carbocycles. The lowest BCUT2D eigenvalue weighted by atomic mass is 10.2. The Hall–Kier alpha value is -1.61. The van der Waals surface area contributed by atoms with Gasteiger partial charge in [0.25, 0.3) is 0 Å². The molecule has 0 radical (unpaired) electrons. The molecule has 0 bridgehead atoms. The third-order valence-electron chi connectivity index (χ3n) is 2.72. The Morgan fingerprint density at radius 1 is 1.22 bits per heavy atom. The molecule has 0 atom stereocenters. The van der Waals surface area contributed by atoms with E-state index in [1.165, 1.54) is 0 Å². The van der Waals surface area contributed by atoms with Crippen molar-refractivity contribution in [2.24, 2.45) is 0 Å². The number of hydrogen-bond acceptors (Lipinski definition) is 3. The van der Waals surface area contributed by atoms with Crippen LogP contribution in [-0.2, 0) is 12.4 Å². The van der Waals surface area contributed by atoms with Crippen molar-refractivity contribution in [2.75, 3.05) is 11.9 Å². The molecule has 0 aliphatic carbocycles. The summed E-state index contributed by atoms with van der Waals surface area (Å²) in [4.78, 5) is 10.9. The van der Waals surface area contributed by atoms with Crippen LogP contribution in [0.5, 0.6) is 0 Å². The Kier molecular flexibility index (Phi) is 4.15. The Morgan fingerprint density at radius 2 is 2.06 bits per heavy atom. The van der Waals surface area contributed by atoms with Crippen molar-refractivity contribution in [1.82, 2.24) is 9.97 Å². The first kappa shape index (κ1) is 12.8. The van der Waals surface area contributed by atoms with Crippen LogP contribution in [0.1, 0.15) is 17.0 Å². The zero-order valence-electron chi connectivity index (χ0n) is 10.6. The van der Waals surface area contributed by atoms with Crippen LogP contribution < -0.4 is 4.90 Å². The lowest BCUT2D eigenvalue weighted by molar-refractivity contribution is 0.853. The van der Waals surface area contributed by atoms with Crippen molar-refractivity contribution in [1.29, 1.82) is 0 Å². The third kappa shape index (κ3) is 2.99. The lowest BCUT2D eigenvalue weighted by Gasteiger charge is -2.20. The number of alkyl halides is 1. The lowest BCUT2D eigenvalue weighted by Crippen LogP contribution is -2.20. The minimum atomic E-state index is 0.467. The maximum Gasteiger partial charge on any atom is 0.133 e. The largest absolute Gasteiger partial charge is 0.354 e. The van der Waals surface area contributed by atoms with Crippen molar-refractivity contribution in [3.8, 4) is 0 Å². The second kappa shape index (κ2) is 5.83. The van der Waals surface area contributed by atoms with E-state index in [1.54, 1.807) is 6.20 Å². The Bertz CT molecular complexity index is 528. The number of hydrogen-bond donors (Lipinski definition) is 0. The molecule has 94 valence electrons. The molecule has 0 aliphatic heterocycles. The molecule has 2 aromatic heterocycles. The highest BCUT2D eigenvalue weighted by Crippen LogP contribution is 2.19. The predicted molar refractivity (Wildman–Crippen MR) is 74.9 cm³/mol. The highest BCUT2D eigenvalue weighted by atomic mass is 35.5. The Morgan fingerprint density at radius 3 is 2.78 bits per heavy atom. The van der Waals surface area contributed by atoms with Gasteiger partial charge in [0.15, 0.2) is 0 Å². The molecule has 2 heterocycles. The standard InChI is InChI=1S/C14H16ClN3/c1-11-5-3-7-13(17-11)10-18(2)14-12(9-15)6-4-8-16-14/h3-8H,9-10H2,1-2H3. The van der Waals surface area contributed by atoms with E-state index in [0.717, 1.165) is 29.3 Å². The van der Waals surface area contributed by atoms with Gasteiger partial charge >= 0.3 is 0 Å². The highest BCUT2D eigenvalue weighted by molar-refractivity contribution is 6.17. The molecule has 3 nitrogen and oxygen atoms in total. The van der Waals surface area contributed by atoms with Gasteiger partial charge in [-0.1, -0.05) is 12.1 Å². The van der Waals surface area contributed by atoms with Crippen molar-refractivity contribution in [3.63, 3.8) is 0 Å². The van der Waals surface area contributed by atoms with E-state index in [-0.39, 0.29) is 0 Å². The van der Waals surface area contributed by atoms with E-state index in [1.807, 2.05) is 44.3 Å². The van der Waals surface area contributed by atoms with E-state index < -0.39 is 0 Å². The topological polar surface area (TPSA) is 29.0 Å². The summed E-state index contributed by atoms with van der Waals surface area (Å²) in [5.74, 6) is 1.38. The molecule has 0 spiro atoms. The molecule has 0 unspecified atom stereocenters. The number of aromatic nitrogens is 2. The molecule has 0 N–H and O–H groups in total. The average molecular weight is 262 g/mol. The quantitative estimate of drug-likeness (QED) is 0.792. The number of anilines is 1. The number of rotatable bonds is 4. The minimum absolute atomic E-state index is 0.467. The fourth-order valence-corrected chi connectivity index (χ4v) is 2.09. The van der Waals surface area contributed by atoms with E-state index in [2.05, 4.69) is 14.9 Å². The maximum absolute atomic E-state index is 5.92. The van der Waals surface area contributed by atoms with E-state index in [4.69, 9.17) is 11.6 Å². The summed E-state index contributed by atoms with van der Waals surface area (Å²) in [7, 11) is 2.00. The first-order valence-corrected chi connectivity index (χ1v) is 6.37. The molecule has 0 aromatic carbocycles. The van der Waals surface area contributed by atoms with Gasteiger partial charge in [0.1, 0.15) is 5.82 Å². The van der Waals surface area contributed by atoms with Crippen LogP contribution in [0.3, 0.4) is 0 Å². The number of halogens is 1. The molecule has 0 aliphatic rings. The fraction of sp³-hybridized carbons (Fsp3) is 0.286. The van der Waals surface area contributed by atoms with Crippen LogP contribution in [-0.4, -0.2) is 17.0 Å². The zero-order chi connectivity index (χ0) is 13.0. The van der Waals surface area contributed by atoms with Gasteiger partial charge in [0.05, 0.1) is 18.1 Å². The third-order valence-corrected chi connectivity index (χ3v) is 3.01. The molecule has 0 fully saturated rings. The Labute approximate surface area is 112 Å². The maximum atomic E-state index is 5.92. The van der Waals surface area contributed by atoms with E-state index >= 15 is 0 Å². The normalized spacial score (nSPS) is 10.4. The first-order valence-electron chi connectivity index (χ1n) is 5.84.